The Labute approximate surface area is 218 Å². The van der Waals surface area contributed by atoms with Crippen molar-refractivity contribution in [2.75, 3.05) is 44.5 Å². The molecule has 2 unspecified atom stereocenters. The van der Waals surface area contributed by atoms with Gasteiger partial charge in [0.05, 0.1) is 25.2 Å². The first-order valence-electron chi connectivity index (χ1n) is 11.8. The number of benzene rings is 2. The molecule has 0 spiro atoms. The summed E-state index contributed by atoms with van der Waals surface area (Å²) in [6, 6.07) is 11.3. The number of amides is 1. The first-order valence-corrected chi connectivity index (χ1v) is 13.7. The minimum absolute atomic E-state index is 0.0585. The van der Waals surface area contributed by atoms with Crippen LogP contribution in [0, 0.1) is 10.1 Å². The van der Waals surface area contributed by atoms with Gasteiger partial charge in [0, 0.05) is 25.3 Å². The van der Waals surface area contributed by atoms with Crippen LogP contribution >= 0.6 is 7.37 Å². The number of nitrogens with zero attached hydrogens (tertiary/aromatic N) is 2. The zero-order chi connectivity index (χ0) is 27.7. The number of nitro groups is 1. The average Bonchev–Trinajstić information content (AvgIpc) is 2.94. The number of aliphatic hydroxyl groups is 1. The maximum Gasteiger partial charge on any atom is 0.408 e. The molecule has 3 N–H and O–H groups in total. The summed E-state index contributed by atoms with van der Waals surface area (Å²) in [6.07, 6.45) is -1.88. The molecular weight excluding hydrogens is 521 g/mol. The number of hydrogen-bond donors (Lipinski definition) is 3. The molecule has 1 fully saturated rings. The number of carbonyl (C=O) groups excluding carboxylic acids is 2. The number of rotatable bonds is 11. The quantitative estimate of drug-likeness (QED) is 0.162. The minimum Gasteiger partial charge on any atom is -0.467 e. The first kappa shape index (κ1) is 29.1. The van der Waals surface area contributed by atoms with E-state index >= 15 is 0 Å². The number of morpholine rings is 1. The van der Waals surface area contributed by atoms with Crippen LogP contribution in [0.5, 0.6) is 0 Å². The molecule has 38 heavy (non-hydrogen) atoms. The van der Waals surface area contributed by atoms with Gasteiger partial charge < -0.3 is 34.4 Å². The van der Waals surface area contributed by atoms with E-state index in [9.17, 15) is 34.3 Å². The van der Waals surface area contributed by atoms with Crippen LogP contribution in [0.3, 0.4) is 0 Å². The van der Waals surface area contributed by atoms with Crippen molar-refractivity contribution in [2.24, 2.45) is 0 Å². The number of ether oxygens (including phenoxy) is 3. The molecule has 0 radical (unpaired) electrons. The van der Waals surface area contributed by atoms with Crippen LogP contribution in [0.1, 0.15) is 23.4 Å². The fourth-order valence-electron chi connectivity index (χ4n) is 3.89. The number of anilines is 1. The van der Waals surface area contributed by atoms with E-state index < -0.39 is 42.4 Å². The Balaban J connectivity index is 1.67. The largest absolute Gasteiger partial charge is 0.467 e. The predicted molar refractivity (Wildman–Crippen MR) is 136 cm³/mol. The Morgan fingerprint density at radius 3 is 2.53 bits per heavy atom. The highest BCUT2D eigenvalue weighted by Crippen LogP contribution is 2.55. The van der Waals surface area contributed by atoms with Crippen LogP contribution in [-0.2, 0) is 30.2 Å². The van der Waals surface area contributed by atoms with Crippen molar-refractivity contribution in [2.45, 2.75) is 24.9 Å². The summed E-state index contributed by atoms with van der Waals surface area (Å²) in [4.78, 5) is 47.8. The van der Waals surface area contributed by atoms with Gasteiger partial charge in [0.25, 0.3) is 5.69 Å². The molecule has 0 saturated carbocycles. The molecular formula is C24H30N3O10P. The fraction of sp³-hybridized carbons (Fsp3) is 0.417. The van der Waals surface area contributed by atoms with Gasteiger partial charge in [-0.25, -0.2) is 9.59 Å². The number of nitro benzene ring substituents is 1. The topological polar surface area (TPSA) is 178 Å². The zero-order valence-corrected chi connectivity index (χ0v) is 21.6. The molecule has 0 bridgehead atoms. The van der Waals surface area contributed by atoms with Crippen molar-refractivity contribution in [1.29, 1.82) is 0 Å². The summed E-state index contributed by atoms with van der Waals surface area (Å²) in [5, 5.41) is 24.7. The van der Waals surface area contributed by atoms with Gasteiger partial charge in [0.15, 0.2) is 5.85 Å². The summed E-state index contributed by atoms with van der Waals surface area (Å²) < 4.78 is 28.0. The maximum absolute atomic E-state index is 13.0. The van der Waals surface area contributed by atoms with Gasteiger partial charge in [-0.1, -0.05) is 36.4 Å². The number of hydrogen-bond acceptors (Lipinski definition) is 10. The summed E-state index contributed by atoms with van der Waals surface area (Å²) in [5.74, 6) is -2.83. The third-order valence-corrected chi connectivity index (χ3v) is 7.92. The van der Waals surface area contributed by atoms with E-state index in [4.69, 9.17) is 9.47 Å². The molecule has 0 aliphatic carbocycles. The van der Waals surface area contributed by atoms with Crippen LogP contribution in [-0.4, -0.2) is 72.6 Å². The Morgan fingerprint density at radius 1 is 1.21 bits per heavy atom. The van der Waals surface area contributed by atoms with Gasteiger partial charge in [-0.15, -0.1) is 0 Å². The third kappa shape index (κ3) is 7.75. The maximum atomic E-state index is 13.0. The number of nitrogens with one attached hydrogen (secondary N) is 1. The number of alkyl carbamates (subject to hydrolysis) is 1. The second-order valence-corrected chi connectivity index (χ2v) is 11.0. The molecule has 1 aliphatic heterocycles. The van der Waals surface area contributed by atoms with Crippen molar-refractivity contribution in [3.63, 3.8) is 0 Å². The van der Waals surface area contributed by atoms with E-state index in [-0.39, 0.29) is 24.3 Å². The zero-order valence-electron chi connectivity index (χ0n) is 20.7. The third-order valence-electron chi connectivity index (χ3n) is 5.96. The summed E-state index contributed by atoms with van der Waals surface area (Å²) in [6.45, 7) is 1.63. The van der Waals surface area contributed by atoms with Gasteiger partial charge in [-0.2, -0.15) is 0 Å². The molecule has 2 aromatic rings. The molecule has 1 amide bonds. The van der Waals surface area contributed by atoms with E-state index in [2.05, 4.69) is 10.1 Å². The van der Waals surface area contributed by atoms with Crippen molar-refractivity contribution in [3.05, 3.63) is 69.8 Å². The Bertz CT molecular complexity index is 1170. The second kappa shape index (κ2) is 13.3. The lowest BCUT2D eigenvalue weighted by Gasteiger charge is -2.29. The lowest BCUT2D eigenvalue weighted by molar-refractivity contribution is -0.384. The normalized spacial score (nSPS) is 16.6. The van der Waals surface area contributed by atoms with Crippen molar-refractivity contribution < 1.29 is 43.3 Å². The molecule has 206 valence electrons. The highest BCUT2D eigenvalue weighted by atomic mass is 31.2. The molecule has 0 aromatic heterocycles. The van der Waals surface area contributed by atoms with E-state index in [0.717, 1.165) is 13.2 Å². The smallest absolute Gasteiger partial charge is 0.408 e. The predicted octanol–water partition coefficient (Wildman–Crippen LogP) is 2.55. The summed E-state index contributed by atoms with van der Waals surface area (Å²) in [7, 11) is -3.32. The van der Waals surface area contributed by atoms with Crippen LogP contribution < -0.4 is 10.2 Å². The van der Waals surface area contributed by atoms with Gasteiger partial charge in [0.2, 0.25) is 7.37 Å². The number of methoxy groups -OCH3 is 1. The number of carbonyl (C=O) groups is 2. The summed E-state index contributed by atoms with van der Waals surface area (Å²) >= 11 is 0. The van der Waals surface area contributed by atoms with Crippen LogP contribution in [0.4, 0.5) is 16.2 Å². The first-order chi connectivity index (χ1) is 18.1. The van der Waals surface area contributed by atoms with E-state index in [1.165, 1.54) is 12.1 Å². The Hall–Kier alpha value is -3.51. The van der Waals surface area contributed by atoms with Crippen LogP contribution in [0.15, 0.2) is 48.5 Å². The molecule has 14 heteroatoms. The van der Waals surface area contributed by atoms with Crippen molar-refractivity contribution in [3.8, 4) is 0 Å². The minimum atomic E-state index is -4.41. The average molecular weight is 551 g/mol. The lowest BCUT2D eigenvalue weighted by Crippen LogP contribution is -2.42. The van der Waals surface area contributed by atoms with E-state index in [1.807, 2.05) is 0 Å². The number of esters is 1. The molecule has 1 saturated heterocycles. The van der Waals surface area contributed by atoms with Gasteiger partial charge in [-0.05, 0) is 23.6 Å². The van der Waals surface area contributed by atoms with Crippen molar-refractivity contribution in [1.82, 2.24) is 5.32 Å². The van der Waals surface area contributed by atoms with Crippen LogP contribution in [0.25, 0.3) is 0 Å². The molecule has 3 rings (SSSR count). The fourth-order valence-corrected chi connectivity index (χ4v) is 5.39. The monoisotopic (exact) mass is 551 g/mol. The van der Waals surface area contributed by atoms with Crippen molar-refractivity contribution >= 4 is 30.8 Å². The molecule has 1 aliphatic rings. The standard InChI is InChI=1S/C24H30N3O10P/c1-35-22(28)19(25-24(30)37-16-17-5-3-2-4-6-17)9-14-38(33,34)23(29)18-7-8-20(21(15-18)27(31)32)26-10-12-36-13-11-26/h2-8,15,19,23,29H,9-14,16H2,1H3,(H,25,30)(H,33,34)/t19-,23?/m0/s1. The highest BCUT2D eigenvalue weighted by Gasteiger charge is 2.35. The van der Waals surface area contributed by atoms with Gasteiger partial charge >= 0.3 is 12.1 Å². The Morgan fingerprint density at radius 2 is 1.89 bits per heavy atom. The SMILES string of the molecule is COC(=O)[C@H](CCP(=O)(O)C(O)c1ccc(N2CCOCC2)c([N+](=O)[O-])c1)NC(=O)OCc1ccccc1. The van der Waals surface area contributed by atoms with E-state index in [0.29, 0.717) is 37.6 Å². The summed E-state index contributed by atoms with van der Waals surface area (Å²) in [5.41, 5.74) is 0.586. The Kier molecular flexibility index (Phi) is 10.2. The molecule has 13 nitrogen and oxygen atoms in total. The van der Waals surface area contributed by atoms with Crippen LogP contribution in [0.2, 0.25) is 0 Å². The molecule has 3 atom stereocenters. The number of aliphatic hydroxyl groups excluding tert-OH is 1. The lowest BCUT2D eigenvalue weighted by atomic mass is 10.1. The van der Waals surface area contributed by atoms with E-state index in [1.54, 1.807) is 35.2 Å². The molecule has 1 heterocycles. The van der Waals surface area contributed by atoms with Gasteiger partial charge in [-0.3, -0.25) is 14.7 Å². The van der Waals surface area contributed by atoms with Gasteiger partial charge in [0.1, 0.15) is 18.3 Å². The highest BCUT2D eigenvalue weighted by molar-refractivity contribution is 7.58. The molecule has 2 aromatic carbocycles. The second-order valence-electron chi connectivity index (χ2n) is 8.53.